The van der Waals surface area contributed by atoms with Crippen LogP contribution in [0.1, 0.15) is 37.3 Å². The van der Waals surface area contributed by atoms with E-state index in [1.165, 1.54) is 11.1 Å². The Morgan fingerprint density at radius 1 is 1.04 bits per heavy atom. The number of nitrogens with zero attached hydrogens (tertiary/aromatic N) is 3. The molecule has 2 aromatic heterocycles. The number of benzene rings is 1. The van der Waals surface area contributed by atoms with Gasteiger partial charge >= 0.3 is 0 Å². The van der Waals surface area contributed by atoms with Gasteiger partial charge in [0.25, 0.3) is 0 Å². The summed E-state index contributed by atoms with van der Waals surface area (Å²) in [6, 6.07) is 8.71. The normalized spacial score (nSPS) is 21.7. The molecule has 4 rings (SSSR count). The molecule has 1 saturated carbocycles. The van der Waals surface area contributed by atoms with Crippen LogP contribution in [0.5, 0.6) is 0 Å². The molecule has 23 heavy (non-hydrogen) atoms. The maximum absolute atomic E-state index is 9.76. The van der Waals surface area contributed by atoms with Crippen molar-refractivity contribution < 1.29 is 5.11 Å². The summed E-state index contributed by atoms with van der Waals surface area (Å²) in [5, 5.41) is 10.9. The second kappa shape index (κ2) is 5.78. The quantitative estimate of drug-likeness (QED) is 0.781. The van der Waals surface area contributed by atoms with Gasteiger partial charge in [0.2, 0.25) is 0 Å². The maximum atomic E-state index is 9.76. The molecule has 0 unspecified atom stereocenters. The summed E-state index contributed by atoms with van der Waals surface area (Å²) in [5.41, 5.74) is 3.39. The van der Waals surface area contributed by atoms with Gasteiger partial charge in [-0.2, -0.15) is 0 Å². The molecule has 0 saturated heterocycles. The summed E-state index contributed by atoms with van der Waals surface area (Å²) in [6.07, 6.45) is 9.41. The van der Waals surface area contributed by atoms with Gasteiger partial charge in [-0.05, 0) is 50.3 Å². The third kappa shape index (κ3) is 2.53. The molecular weight excluding hydrogens is 286 g/mol. The van der Waals surface area contributed by atoms with Crippen LogP contribution in [0, 0.1) is 6.92 Å². The van der Waals surface area contributed by atoms with Crippen LogP contribution in [0.25, 0.3) is 22.3 Å². The highest BCUT2D eigenvalue weighted by molar-refractivity contribution is 5.94. The van der Waals surface area contributed by atoms with E-state index in [0.717, 1.165) is 42.4 Å². The SMILES string of the molecule is Cc1ccc2ncccc2c1-c1nccn1C1CCC(O)CC1. The average Bonchev–Trinajstić information content (AvgIpc) is 3.04. The van der Waals surface area contributed by atoms with E-state index in [-0.39, 0.29) is 6.10 Å². The first kappa shape index (κ1) is 14.4. The van der Waals surface area contributed by atoms with E-state index in [2.05, 4.69) is 45.9 Å². The number of hydrogen-bond donors (Lipinski definition) is 1. The molecule has 1 N–H and O–H groups in total. The first-order valence-electron chi connectivity index (χ1n) is 8.29. The average molecular weight is 307 g/mol. The zero-order valence-electron chi connectivity index (χ0n) is 13.3. The van der Waals surface area contributed by atoms with Crippen molar-refractivity contribution >= 4 is 10.9 Å². The lowest BCUT2D eigenvalue weighted by Crippen LogP contribution is -2.21. The summed E-state index contributed by atoms with van der Waals surface area (Å²) in [4.78, 5) is 9.14. The van der Waals surface area contributed by atoms with Gasteiger partial charge in [0.05, 0.1) is 11.6 Å². The Morgan fingerprint density at radius 3 is 2.70 bits per heavy atom. The number of aryl methyl sites for hydroxylation is 1. The van der Waals surface area contributed by atoms with Crippen LogP contribution < -0.4 is 0 Å². The van der Waals surface area contributed by atoms with Gasteiger partial charge in [0.15, 0.2) is 0 Å². The molecule has 3 aromatic rings. The summed E-state index contributed by atoms with van der Waals surface area (Å²) < 4.78 is 2.29. The molecule has 0 spiro atoms. The van der Waals surface area contributed by atoms with E-state index < -0.39 is 0 Å². The third-order valence-corrected chi connectivity index (χ3v) is 4.95. The second-order valence-corrected chi connectivity index (χ2v) is 6.45. The Hall–Kier alpha value is -2.20. The Kier molecular flexibility index (Phi) is 3.62. The molecule has 0 bridgehead atoms. The van der Waals surface area contributed by atoms with Gasteiger partial charge in [-0.3, -0.25) is 4.98 Å². The fraction of sp³-hybridized carbons (Fsp3) is 0.368. The van der Waals surface area contributed by atoms with Crippen LogP contribution in [0.15, 0.2) is 42.9 Å². The minimum absolute atomic E-state index is 0.137. The Balaban J connectivity index is 1.84. The van der Waals surface area contributed by atoms with Crippen LogP contribution in [0.3, 0.4) is 0 Å². The van der Waals surface area contributed by atoms with Crippen molar-refractivity contribution in [2.24, 2.45) is 0 Å². The Bertz CT molecular complexity index is 832. The number of imidazole rings is 1. The molecule has 2 heterocycles. The molecule has 0 radical (unpaired) electrons. The number of rotatable bonds is 2. The van der Waals surface area contributed by atoms with E-state index in [1.54, 1.807) is 0 Å². The zero-order valence-corrected chi connectivity index (χ0v) is 13.3. The van der Waals surface area contributed by atoms with Gasteiger partial charge in [-0.15, -0.1) is 0 Å². The van der Waals surface area contributed by atoms with Gasteiger partial charge in [0, 0.05) is 35.6 Å². The van der Waals surface area contributed by atoms with E-state index in [1.807, 2.05) is 18.5 Å². The topological polar surface area (TPSA) is 50.9 Å². The monoisotopic (exact) mass is 307 g/mol. The van der Waals surface area contributed by atoms with E-state index in [0.29, 0.717) is 6.04 Å². The van der Waals surface area contributed by atoms with Gasteiger partial charge < -0.3 is 9.67 Å². The third-order valence-electron chi connectivity index (χ3n) is 4.95. The smallest absolute Gasteiger partial charge is 0.141 e. The fourth-order valence-corrected chi connectivity index (χ4v) is 3.70. The first-order valence-corrected chi connectivity index (χ1v) is 8.29. The molecule has 1 fully saturated rings. The summed E-state index contributed by atoms with van der Waals surface area (Å²) in [7, 11) is 0. The predicted octanol–water partition coefficient (Wildman–Crippen LogP) is 3.88. The van der Waals surface area contributed by atoms with Crippen molar-refractivity contribution in [2.45, 2.75) is 44.8 Å². The molecule has 1 aliphatic rings. The van der Waals surface area contributed by atoms with Crippen molar-refractivity contribution in [3.8, 4) is 11.4 Å². The molecule has 1 aromatic carbocycles. The van der Waals surface area contributed by atoms with E-state index in [9.17, 15) is 5.11 Å². The molecule has 4 nitrogen and oxygen atoms in total. The van der Waals surface area contributed by atoms with Gasteiger partial charge in [0.1, 0.15) is 5.82 Å². The highest BCUT2D eigenvalue weighted by Crippen LogP contribution is 2.35. The molecule has 4 heteroatoms. The van der Waals surface area contributed by atoms with Crippen molar-refractivity contribution in [1.29, 1.82) is 0 Å². The largest absolute Gasteiger partial charge is 0.393 e. The van der Waals surface area contributed by atoms with Crippen molar-refractivity contribution in [2.75, 3.05) is 0 Å². The zero-order chi connectivity index (χ0) is 15.8. The van der Waals surface area contributed by atoms with Crippen LogP contribution in [0.2, 0.25) is 0 Å². The minimum atomic E-state index is -0.137. The van der Waals surface area contributed by atoms with E-state index in [4.69, 9.17) is 0 Å². The second-order valence-electron chi connectivity index (χ2n) is 6.45. The van der Waals surface area contributed by atoms with Gasteiger partial charge in [-0.1, -0.05) is 12.1 Å². The van der Waals surface area contributed by atoms with Crippen molar-refractivity contribution in [1.82, 2.24) is 14.5 Å². The summed E-state index contributed by atoms with van der Waals surface area (Å²) in [5.74, 6) is 1.02. The van der Waals surface area contributed by atoms with Crippen molar-refractivity contribution in [3.63, 3.8) is 0 Å². The highest BCUT2D eigenvalue weighted by atomic mass is 16.3. The summed E-state index contributed by atoms with van der Waals surface area (Å²) in [6.45, 7) is 2.13. The van der Waals surface area contributed by atoms with Crippen LogP contribution in [0.4, 0.5) is 0 Å². The lowest BCUT2D eigenvalue weighted by Gasteiger charge is -2.28. The predicted molar refractivity (Wildman–Crippen MR) is 91.2 cm³/mol. The fourth-order valence-electron chi connectivity index (χ4n) is 3.70. The highest BCUT2D eigenvalue weighted by Gasteiger charge is 2.23. The lowest BCUT2D eigenvalue weighted by atomic mass is 9.92. The summed E-state index contributed by atoms with van der Waals surface area (Å²) >= 11 is 0. The Labute approximate surface area is 135 Å². The van der Waals surface area contributed by atoms with Crippen LogP contribution >= 0.6 is 0 Å². The number of pyridine rings is 1. The number of fused-ring (bicyclic) bond motifs is 1. The standard InChI is InChI=1S/C19H21N3O/c1-13-4-9-17-16(3-2-10-20-17)18(13)19-21-11-12-22(19)14-5-7-15(23)8-6-14/h2-4,9-12,14-15,23H,5-8H2,1H3. The van der Waals surface area contributed by atoms with E-state index >= 15 is 0 Å². The van der Waals surface area contributed by atoms with Crippen LogP contribution in [-0.2, 0) is 0 Å². The Morgan fingerprint density at radius 2 is 1.87 bits per heavy atom. The number of aliphatic hydroxyl groups excluding tert-OH is 1. The van der Waals surface area contributed by atoms with Crippen molar-refractivity contribution in [3.05, 3.63) is 48.4 Å². The number of aliphatic hydroxyl groups is 1. The minimum Gasteiger partial charge on any atom is -0.393 e. The number of hydrogen-bond acceptors (Lipinski definition) is 3. The molecular formula is C19H21N3O. The number of aromatic nitrogens is 3. The van der Waals surface area contributed by atoms with Gasteiger partial charge in [-0.25, -0.2) is 4.98 Å². The molecule has 0 atom stereocenters. The molecule has 0 aliphatic heterocycles. The maximum Gasteiger partial charge on any atom is 0.141 e. The molecule has 1 aliphatic carbocycles. The first-order chi connectivity index (χ1) is 11.2. The molecule has 0 amide bonds. The van der Waals surface area contributed by atoms with Crippen LogP contribution in [-0.4, -0.2) is 25.7 Å². The molecule has 118 valence electrons. The lowest BCUT2D eigenvalue weighted by molar-refractivity contribution is 0.111.